The topological polar surface area (TPSA) is 88.0 Å². The molecular weight excluding hydrogens is 432 g/mol. The lowest BCUT2D eigenvalue weighted by Gasteiger charge is -2.39. The standard InChI is InChI=1S/C26H28N4O4/c1-19-12-13-24(34-2)21(18-19)27-26(31)25(20-8-4-3-5-9-20)29-16-14-28(15-17-29)22-10-6-7-11-23(22)30(32)33/h3-13,18,25H,14-17H2,1-2H3,(H,27,31). The van der Waals surface area contributed by atoms with Crippen molar-refractivity contribution in [1.29, 1.82) is 0 Å². The van der Waals surface area contributed by atoms with Crippen LogP contribution in [0.1, 0.15) is 17.2 Å². The van der Waals surface area contributed by atoms with Gasteiger partial charge in [-0.25, -0.2) is 0 Å². The second-order valence-corrected chi connectivity index (χ2v) is 8.28. The zero-order valence-corrected chi connectivity index (χ0v) is 19.3. The molecule has 0 radical (unpaired) electrons. The van der Waals surface area contributed by atoms with Gasteiger partial charge in [0.25, 0.3) is 5.69 Å². The molecule has 4 rings (SSSR count). The van der Waals surface area contributed by atoms with E-state index in [0.717, 1.165) is 11.1 Å². The molecule has 0 saturated carbocycles. The number of carbonyl (C=O) groups is 1. The molecule has 0 aliphatic carbocycles. The highest BCUT2D eigenvalue weighted by Crippen LogP contribution is 2.32. The van der Waals surface area contributed by atoms with E-state index in [-0.39, 0.29) is 16.5 Å². The lowest BCUT2D eigenvalue weighted by atomic mass is 10.0. The van der Waals surface area contributed by atoms with Crippen molar-refractivity contribution < 1.29 is 14.5 Å². The summed E-state index contributed by atoms with van der Waals surface area (Å²) in [5, 5.41) is 14.5. The molecule has 0 aromatic heterocycles. The number of nitrogens with zero attached hydrogens (tertiary/aromatic N) is 3. The monoisotopic (exact) mass is 460 g/mol. The Morgan fingerprint density at radius 1 is 1.00 bits per heavy atom. The van der Waals surface area contributed by atoms with Crippen LogP contribution in [0.2, 0.25) is 0 Å². The molecule has 0 spiro atoms. The predicted octanol–water partition coefficient (Wildman–Crippen LogP) is 4.41. The van der Waals surface area contributed by atoms with E-state index in [1.165, 1.54) is 6.07 Å². The van der Waals surface area contributed by atoms with Gasteiger partial charge < -0.3 is 15.0 Å². The maximum absolute atomic E-state index is 13.6. The molecule has 1 unspecified atom stereocenters. The first-order valence-electron chi connectivity index (χ1n) is 11.2. The second-order valence-electron chi connectivity index (χ2n) is 8.28. The minimum atomic E-state index is -0.501. The van der Waals surface area contributed by atoms with Crippen molar-refractivity contribution in [2.75, 3.05) is 43.5 Å². The Labute approximate surface area is 198 Å². The first-order chi connectivity index (χ1) is 16.5. The molecule has 1 fully saturated rings. The Kier molecular flexibility index (Phi) is 7.08. The quantitative estimate of drug-likeness (QED) is 0.415. The van der Waals surface area contributed by atoms with Gasteiger partial charge in [0.05, 0.1) is 17.7 Å². The molecule has 1 heterocycles. The van der Waals surface area contributed by atoms with Crippen LogP contribution < -0.4 is 15.0 Å². The molecule has 0 bridgehead atoms. The fraction of sp³-hybridized carbons (Fsp3) is 0.269. The third-order valence-corrected chi connectivity index (χ3v) is 6.08. The van der Waals surface area contributed by atoms with Crippen molar-refractivity contribution in [3.05, 3.63) is 94.0 Å². The average Bonchev–Trinajstić information content (AvgIpc) is 2.85. The van der Waals surface area contributed by atoms with Crippen LogP contribution in [0, 0.1) is 17.0 Å². The van der Waals surface area contributed by atoms with Gasteiger partial charge in [-0.2, -0.15) is 0 Å². The zero-order valence-electron chi connectivity index (χ0n) is 19.3. The maximum Gasteiger partial charge on any atom is 0.292 e. The fourth-order valence-electron chi connectivity index (χ4n) is 4.39. The number of benzene rings is 3. The molecular formula is C26H28N4O4. The summed E-state index contributed by atoms with van der Waals surface area (Å²) >= 11 is 0. The number of aryl methyl sites for hydroxylation is 1. The van der Waals surface area contributed by atoms with Crippen LogP contribution in [0.4, 0.5) is 17.1 Å². The van der Waals surface area contributed by atoms with Crippen LogP contribution >= 0.6 is 0 Å². The van der Waals surface area contributed by atoms with Gasteiger partial charge in [-0.05, 0) is 36.2 Å². The van der Waals surface area contributed by atoms with Crippen molar-refractivity contribution >= 4 is 23.0 Å². The highest BCUT2D eigenvalue weighted by atomic mass is 16.6. The zero-order chi connectivity index (χ0) is 24.1. The number of carbonyl (C=O) groups excluding carboxylic acids is 1. The van der Waals surface area contributed by atoms with E-state index >= 15 is 0 Å². The maximum atomic E-state index is 13.6. The number of para-hydroxylation sites is 2. The van der Waals surface area contributed by atoms with Gasteiger partial charge >= 0.3 is 0 Å². The van der Waals surface area contributed by atoms with Crippen molar-refractivity contribution in [3.8, 4) is 5.75 Å². The van der Waals surface area contributed by atoms with E-state index in [2.05, 4.69) is 10.2 Å². The van der Waals surface area contributed by atoms with Gasteiger partial charge in [-0.3, -0.25) is 19.8 Å². The van der Waals surface area contributed by atoms with Crippen molar-refractivity contribution in [3.63, 3.8) is 0 Å². The number of methoxy groups -OCH3 is 1. The third-order valence-electron chi connectivity index (χ3n) is 6.08. The van der Waals surface area contributed by atoms with Gasteiger partial charge in [-0.15, -0.1) is 0 Å². The highest BCUT2D eigenvalue weighted by Gasteiger charge is 2.32. The molecule has 1 saturated heterocycles. The Balaban J connectivity index is 1.56. The summed E-state index contributed by atoms with van der Waals surface area (Å²) in [4.78, 5) is 28.8. The number of amides is 1. The summed E-state index contributed by atoms with van der Waals surface area (Å²) in [6, 6.07) is 21.6. The number of anilines is 2. The molecule has 1 aliphatic heterocycles. The molecule has 176 valence electrons. The minimum absolute atomic E-state index is 0.0971. The normalized spacial score (nSPS) is 14.9. The Morgan fingerprint density at radius 2 is 1.68 bits per heavy atom. The molecule has 8 heteroatoms. The largest absolute Gasteiger partial charge is 0.495 e. The number of nitro benzene ring substituents is 1. The summed E-state index contributed by atoms with van der Waals surface area (Å²) in [5.41, 5.74) is 3.25. The number of rotatable bonds is 7. The molecule has 1 N–H and O–H groups in total. The van der Waals surface area contributed by atoms with E-state index in [0.29, 0.717) is 43.3 Å². The number of piperazine rings is 1. The Bertz CT molecular complexity index is 1160. The molecule has 8 nitrogen and oxygen atoms in total. The third kappa shape index (κ3) is 5.02. The Morgan fingerprint density at radius 3 is 2.35 bits per heavy atom. The van der Waals surface area contributed by atoms with Crippen LogP contribution in [-0.2, 0) is 4.79 Å². The summed E-state index contributed by atoms with van der Waals surface area (Å²) in [7, 11) is 1.58. The fourth-order valence-corrected chi connectivity index (χ4v) is 4.39. The molecule has 1 atom stereocenters. The SMILES string of the molecule is COc1ccc(C)cc1NC(=O)C(c1ccccc1)N1CCN(c2ccccc2[N+](=O)[O-])CC1. The van der Waals surface area contributed by atoms with Gasteiger partial charge in [0.15, 0.2) is 0 Å². The van der Waals surface area contributed by atoms with Crippen molar-refractivity contribution in [1.82, 2.24) is 4.90 Å². The van der Waals surface area contributed by atoms with Crippen LogP contribution in [0.3, 0.4) is 0 Å². The molecule has 1 amide bonds. The van der Waals surface area contributed by atoms with E-state index in [4.69, 9.17) is 4.74 Å². The van der Waals surface area contributed by atoms with Gasteiger partial charge in [-0.1, -0.05) is 48.5 Å². The van der Waals surface area contributed by atoms with E-state index in [1.807, 2.05) is 66.4 Å². The number of ether oxygens (including phenoxy) is 1. The van der Waals surface area contributed by atoms with Gasteiger partial charge in [0.2, 0.25) is 5.91 Å². The summed E-state index contributed by atoms with van der Waals surface area (Å²) < 4.78 is 5.44. The summed E-state index contributed by atoms with van der Waals surface area (Å²) in [6.45, 7) is 4.30. The lowest BCUT2D eigenvalue weighted by molar-refractivity contribution is -0.384. The minimum Gasteiger partial charge on any atom is -0.495 e. The molecule has 3 aromatic rings. The second kappa shape index (κ2) is 10.4. The van der Waals surface area contributed by atoms with Crippen LogP contribution in [0.5, 0.6) is 5.75 Å². The smallest absolute Gasteiger partial charge is 0.292 e. The summed E-state index contributed by atoms with van der Waals surface area (Å²) in [6.07, 6.45) is 0. The first-order valence-corrected chi connectivity index (χ1v) is 11.2. The van der Waals surface area contributed by atoms with Crippen LogP contribution in [-0.4, -0.2) is 49.0 Å². The van der Waals surface area contributed by atoms with E-state index < -0.39 is 6.04 Å². The van der Waals surface area contributed by atoms with Crippen molar-refractivity contribution in [2.45, 2.75) is 13.0 Å². The average molecular weight is 461 g/mol. The predicted molar refractivity (Wildman–Crippen MR) is 132 cm³/mol. The molecule has 3 aromatic carbocycles. The number of hydrogen-bond donors (Lipinski definition) is 1. The Hall–Kier alpha value is -3.91. The van der Waals surface area contributed by atoms with Gasteiger partial charge in [0, 0.05) is 32.2 Å². The number of hydrogen-bond acceptors (Lipinski definition) is 6. The van der Waals surface area contributed by atoms with Crippen LogP contribution in [0.25, 0.3) is 0 Å². The van der Waals surface area contributed by atoms with E-state index in [1.54, 1.807) is 19.2 Å². The van der Waals surface area contributed by atoms with Gasteiger partial charge in [0.1, 0.15) is 17.5 Å². The molecule has 1 aliphatic rings. The highest BCUT2D eigenvalue weighted by molar-refractivity contribution is 5.97. The van der Waals surface area contributed by atoms with Crippen LogP contribution in [0.15, 0.2) is 72.8 Å². The molecule has 34 heavy (non-hydrogen) atoms. The van der Waals surface area contributed by atoms with E-state index in [9.17, 15) is 14.9 Å². The summed E-state index contributed by atoms with van der Waals surface area (Å²) in [5.74, 6) is 0.459. The lowest BCUT2D eigenvalue weighted by Crippen LogP contribution is -2.50. The van der Waals surface area contributed by atoms with Crippen molar-refractivity contribution in [2.24, 2.45) is 0 Å². The first kappa shape index (κ1) is 23.3. The number of nitrogens with one attached hydrogen (secondary N) is 1. The number of nitro groups is 1.